The molecule has 7 nitrogen and oxygen atoms in total. The average molecular weight is 589 g/mol. The topological polar surface area (TPSA) is 92.8 Å². The predicted octanol–water partition coefficient (Wildman–Crippen LogP) is 5.93. The van der Waals surface area contributed by atoms with Gasteiger partial charge in [0.1, 0.15) is 0 Å². The molecule has 0 radical (unpaired) electrons. The van der Waals surface area contributed by atoms with Crippen LogP contribution in [0, 0.1) is 25.7 Å². The van der Waals surface area contributed by atoms with Gasteiger partial charge in [-0.25, -0.2) is 4.79 Å². The van der Waals surface area contributed by atoms with Crippen LogP contribution in [0.25, 0.3) is 0 Å². The Hall–Kier alpha value is -3.78. The minimum absolute atomic E-state index is 0.161. The van der Waals surface area contributed by atoms with Crippen LogP contribution in [0.2, 0.25) is 0 Å². The van der Waals surface area contributed by atoms with E-state index in [4.69, 9.17) is 4.74 Å². The van der Waals surface area contributed by atoms with Crippen molar-refractivity contribution < 1.29 is 23.9 Å². The monoisotopic (exact) mass is 588 g/mol. The molecule has 1 aliphatic heterocycles. The number of hydrogen-bond acceptors (Lipinski definition) is 5. The molecule has 3 aromatic rings. The number of nitrogens with zero attached hydrogens (tertiary/aromatic N) is 1. The van der Waals surface area contributed by atoms with Crippen LogP contribution in [0.4, 0.5) is 11.4 Å². The average Bonchev–Trinajstić information content (AvgIpc) is 3.21. The number of fused-ring (bicyclic) bond motifs is 1. The molecule has 8 heteroatoms. The first kappa shape index (κ1) is 26.8. The first-order chi connectivity index (χ1) is 18.7. The van der Waals surface area contributed by atoms with E-state index in [0.717, 1.165) is 22.0 Å². The van der Waals surface area contributed by atoms with Gasteiger partial charge in [0.25, 0.3) is 5.91 Å². The van der Waals surface area contributed by atoms with Gasteiger partial charge in [-0.2, -0.15) is 0 Å². The first-order valence-corrected chi connectivity index (χ1v) is 13.8. The molecule has 1 saturated heterocycles. The van der Waals surface area contributed by atoms with E-state index in [-0.39, 0.29) is 35.1 Å². The summed E-state index contributed by atoms with van der Waals surface area (Å²) in [7, 11) is 0. The molecular weight excluding hydrogens is 560 g/mol. The zero-order valence-corrected chi connectivity index (χ0v) is 23.4. The second-order valence-corrected chi connectivity index (χ2v) is 11.0. The number of carbonyl (C=O) groups is 4. The van der Waals surface area contributed by atoms with Crippen LogP contribution < -0.4 is 10.2 Å². The van der Waals surface area contributed by atoms with Crippen molar-refractivity contribution in [3.8, 4) is 0 Å². The Bertz CT molecular complexity index is 1450. The molecule has 3 atom stereocenters. The first-order valence-electron chi connectivity index (χ1n) is 13.0. The molecule has 39 heavy (non-hydrogen) atoms. The number of nitrogens with one attached hydrogen (secondary N) is 1. The number of hydrogen-bond donors (Lipinski definition) is 1. The molecule has 2 fully saturated rings. The number of carbonyl (C=O) groups excluding carboxylic acids is 4. The van der Waals surface area contributed by atoms with Crippen molar-refractivity contribution in [2.75, 3.05) is 16.8 Å². The fourth-order valence-corrected chi connectivity index (χ4v) is 5.99. The Balaban J connectivity index is 1.24. The largest absolute Gasteiger partial charge is 0.452 e. The maximum atomic E-state index is 13.4. The van der Waals surface area contributed by atoms with Gasteiger partial charge in [0, 0.05) is 10.2 Å². The van der Waals surface area contributed by atoms with Crippen LogP contribution in [-0.4, -0.2) is 30.3 Å². The summed E-state index contributed by atoms with van der Waals surface area (Å²) in [5.74, 6) is -2.11. The van der Waals surface area contributed by atoms with E-state index >= 15 is 0 Å². The summed E-state index contributed by atoms with van der Waals surface area (Å²) >= 11 is 3.46. The van der Waals surface area contributed by atoms with Crippen molar-refractivity contribution in [3.05, 3.63) is 93.5 Å². The number of benzene rings is 3. The van der Waals surface area contributed by atoms with Crippen LogP contribution in [0.3, 0.4) is 0 Å². The highest BCUT2D eigenvalue weighted by atomic mass is 79.9. The Morgan fingerprint density at radius 2 is 1.67 bits per heavy atom. The lowest BCUT2D eigenvalue weighted by atomic mass is 9.73. The van der Waals surface area contributed by atoms with Gasteiger partial charge < -0.3 is 10.1 Å². The standard InChI is InChI=1S/C31H29BrN2O5/c1-18-19(2)27(14-13-26(18)32)33-28(35)17-39-31(38)22-9-6-10-23(15-22)34-29(36)24-12-11-21(16-25(24)30(34)37)20-7-4-3-5-8-20/h3-10,13-15,21,24-25H,11-12,16-17H2,1-2H3,(H,33,35)/t21-,24+,25+/m0/s1. The lowest BCUT2D eigenvalue weighted by Gasteiger charge is -2.28. The molecule has 1 heterocycles. The van der Waals surface area contributed by atoms with E-state index < -0.39 is 18.5 Å². The van der Waals surface area contributed by atoms with Crippen molar-refractivity contribution in [2.45, 2.75) is 39.0 Å². The van der Waals surface area contributed by atoms with Gasteiger partial charge in [-0.3, -0.25) is 19.3 Å². The third-order valence-corrected chi connectivity index (χ3v) is 8.73. The summed E-state index contributed by atoms with van der Waals surface area (Å²) < 4.78 is 6.18. The Morgan fingerprint density at radius 1 is 0.923 bits per heavy atom. The number of anilines is 2. The molecule has 2 aliphatic rings. The molecule has 0 unspecified atom stereocenters. The number of amides is 3. The fraction of sp³-hybridized carbons (Fsp3) is 0.290. The van der Waals surface area contributed by atoms with Gasteiger partial charge in [-0.15, -0.1) is 0 Å². The van der Waals surface area contributed by atoms with Crippen LogP contribution in [-0.2, 0) is 19.1 Å². The smallest absolute Gasteiger partial charge is 0.338 e. The zero-order chi connectivity index (χ0) is 27.7. The molecule has 200 valence electrons. The maximum absolute atomic E-state index is 13.4. The fourth-order valence-electron chi connectivity index (χ4n) is 5.56. The molecule has 0 spiro atoms. The summed E-state index contributed by atoms with van der Waals surface area (Å²) in [5, 5.41) is 2.76. The van der Waals surface area contributed by atoms with E-state index in [0.29, 0.717) is 24.2 Å². The van der Waals surface area contributed by atoms with E-state index in [9.17, 15) is 19.2 Å². The highest BCUT2D eigenvalue weighted by molar-refractivity contribution is 9.10. The highest BCUT2D eigenvalue weighted by Gasteiger charge is 2.50. The zero-order valence-electron chi connectivity index (χ0n) is 21.8. The van der Waals surface area contributed by atoms with Gasteiger partial charge >= 0.3 is 5.97 Å². The molecule has 1 aliphatic carbocycles. The van der Waals surface area contributed by atoms with Crippen molar-refractivity contribution >= 4 is 51.0 Å². The summed E-state index contributed by atoms with van der Waals surface area (Å²) in [6.45, 7) is 3.37. The SMILES string of the molecule is Cc1c(Br)ccc(NC(=O)COC(=O)c2cccc(N3C(=O)[C@@H]4CC[C@H](c5ccccc5)C[C@H]4C3=O)c2)c1C. The van der Waals surface area contributed by atoms with E-state index in [1.165, 1.54) is 22.6 Å². The highest BCUT2D eigenvalue weighted by Crippen LogP contribution is 2.45. The minimum atomic E-state index is -0.712. The van der Waals surface area contributed by atoms with Crippen LogP contribution in [0.1, 0.15) is 52.2 Å². The van der Waals surface area contributed by atoms with Crippen LogP contribution in [0.15, 0.2) is 71.2 Å². The van der Waals surface area contributed by atoms with E-state index in [1.807, 2.05) is 38.1 Å². The summed E-state index contributed by atoms with van der Waals surface area (Å²) in [6, 6.07) is 20.0. The number of imide groups is 1. The third-order valence-electron chi connectivity index (χ3n) is 7.87. The van der Waals surface area contributed by atoms with Crippen LogP contribution in [0.5, 0.6) is 0 Å². The lowest BCUT2D eigenvalue weighted by molar-refractivity contribution is -0.122. The van der Waals surface area contributed by atoms with Crippen molar-refractivity contribution in [1.29, 1.82) is 0 Å². The van der Waals surface area contributed by atoms with Gasteiger partial charge in [-0.05, 0) is 86.1 Å². The predicted molar refractivity (Wildman–Crippen MR) is 151 cm³/mol. The molecule has 5 rings (SSSR count). The quantitative estimate of drug-likeness (QED) is 0.284. The Kier molecular flexibility index (Phi) is 7.66. The minimum Gasteiger partial charge on any atom is -0.452 e. The summed E-state index contributed by atoms with van der Waals surface area (Å²) in [5.41, 5.74) is 4.24. The summed E-state index contributed by atoms with van der Waals surface area (Å²) in [4.78, 5) is 53.1. The third kappa shape index (κ3) is 5.39. The molecule has 3 aromatic carbocycles. The Labute approximate surface area is 235 Å². The number of halogens is 1. The number of rotatable bonds is 6. The molecule has 0 bridgehead atoms. The molecule has 0 aromatic heterocycles. The molecular formula is C31H29BrN2O5. The van der Waals surface area contributed by atoms with Gasteiger partial charge in [-0.1, -0.05) is 52.3 Å². The molecule has 3 amide bonds. The molecule has 1 N–H and O–H groups in total. The Morgan fingerprint density at radius 3 is 2.44 bits per heavy atom. The second kappa shape index (κ2) is 11.1. The van der Waals surface area contributed by atoms with Gasteiger partial charge in [0.15, 0.2) is 6.61 Å². The number of esters is 1. The van der Waals surface area contributed by atoms with Crippen LogP contribution >= 0.6 is 15.9 Å². The summed E-state index contributed by atoms with van der Waals surface area (Å²) in [6.07, 6.45) is 2.13. The van der Waals surface area contributed by atoms with Crippen molar-refractivity contribution in [3.63, 3.8) is 0 Å². The maximum Gasteiger partial charge on any atom is 0.338 e. The number of ether oxygens (including phenoxy) is 1. The van der Waals surface area contributed by atoms with Gasteiger partial charge in [0.2, 0.25) is 11.8 Å². The van der Waals surface area contributed by atoms with Crippen molar-refractivity contribution in [1.82, 2.24) is 0 Å². The molecule has 1 saturated carbocycles. The normalized spacial score (nSPS) is 20.5. The second-order valence-electron chi connectivity index (χ2n) is 10.2. The van der Waals surface area contributed by atoms with Crippen molar-refractivity contribution in [2.24, 2.45) is 11.8 Å². The van der Waals surface area contributed by atoms with Gasteiger partial charge in [0.05, 0.1) is 23.1 Å². The lowest BCUT2D eigenvalue weighted by Crippen LogP contribution is -2.31. The van der Waals surface area contributed by atoms with E-state index in [1.54, 1.807) is 18.2 Å². The van der Waals surface area contributed by atoms with E-state index in [2.05, 4.69) is 33.4 Å².